The Morgan fingerprint density at radius 3 is 2.47 bits per heavy atom. The summed E-state index contributed by atoms with van der Waals surface area (Å²) in [7, 11) is 4.10. The molecule has 1 aromatic carbocycles. The van der Waals surface area contributed by atoms with Crippen LogP contribution in [0.2, 0.25) is 0 Å². The third kappa shape index (κ3) is 4.50. The number of terminal acetylenes is 1. The minimum atomic E-state index is 0.379. The zero-order valence-corrected chi connectivity index (χ0v) is 11.0. The topological polar surface area (TPSA) is 15.3 Å². The molecule has 2 nitrogen and oxygen atoms in total. The lowest BCUT2D eigenvalue weighted by Crippen LogP contribution is -2.19. The van der Waals surface area contributed by atoms with Crippen LogP contribution < -0.4 is 10.2 Å². The van der Waals surface area contributed by atoms with Crippen molar-refractivity contribution in [1.29, 1.82) is 0 Å². The summed E-state index contributed by atoms with van der Waals surface area (Å²) >= 11 is 0. The van der Waals surface area contributed by atoms with Crippen LogP contribution in [0.4, 0.5) is 5.69 Å². The van der Waals surface area contributed by atoms with Crippen LogP contribution in [0.15, 0.2) is 24.3 Å². The predicted octanol–water partition coefficient (Wildman–Crippen LogP) is 2.82. The van der Waals surface area contributed by atoms with Crippen LogP contribution in [-0.4, -0.2) is 20.6 Å². The molecule has 2 heteroatoms. The second kappa shape index (κ2) is 6.98. The van der Waals surface area contributed by atoms with E-state index < -0.39 is 0 Å². The quantitative estimate of drug-likeness (QED) is 0.597. The van der Waals surface area contributed by atoms with Crippen LogP contribution in [0.3, 0.4) is 0 Å². The van der Waals surface area contributed by atoms with Crippen LogP contribution in [0, 0.1) is 12.3 Å². The first-order valence-electron chi connectivity index (χ1n) is 6.09. The molecular formula is C15H22N2. The second-order valence-electron chi connectivity index (χ2n) is 4.47. The summed E-state index contributed by atoms with van der Waals surface area (Å²) in [5.41, 5.74) is 2.55. The van der Waals surface area contributed by atoms with Crippen LogP contribution >= 0.6 is 0 Å². The Balaban J connectivity index is 2.46. The largest absolute Gasteiger partial charge is 0.378 e. The van der Waals surface area contributed by atoms with Gasteiger partial charge in [0, 0.05) is 32.2 Å². The lowest BCUT2D eigenvalue weighted by atomic mass is 10.1. The highest BCUT2D eigenvalue weighted by atomic mass is 15.1. The fourth-order valence-corrected chi connectivity index (χ4v) is 1.69. The van der Waals surface area contributed by atoms with Crippen molar-refractivity contribution >= 4 is 5.69 Å². The number of nitrogens with one attached hydrogen (secondary N) is 1. The molecular weight excluding hydrogens is 208 g/mol. The van der Waals surface area contributed by atoms with Crippen molar-refractivity contribution in [2.75, 3.05) is 25.5 Å². The summed E-state index contributed by atoms with van der Waals surface area (Å²) in [6, 6.07) is 9.02. The molecule has 1 aromatic rings. The van der Waals surface area contributed by atoms with E-state index in [0.717, 1.165) is 19.4 Å². The number of hydrogen-bond donors (Lipinski definition) is 1. The highest BCUT2D eigenvalue weighted by molar-refractivity contribution is 5.46. The Labute approximate surface area is 105 Å². The van der Waals surface area contributed by atoms with Gasteiger partial charge in [-0.2, -0.15) is 0 Å². The Bertz CT molecular complexity index is 360. The summed E-state index contributed by atoms with van der Waals surface area (Å²) in [5.74, 6) is 2.66. The Morgan fingerprint density at radius 2 is 1.94 bits per heavy atom. The summed E-state index contributed by atoms with van der Waals surface area (Å²) in [5, 5.41) is 3.47. The van der Waals surface area contributed by atoms with Gasteiger partial charge in [-0.1, -0.05) is 12.1 Å². The fraction of sp³-hybridized carbons (Fsp3) is 0.467. The van der Waals surface area contributed by atoms with Crippen molar-refractivity contribution in [2.24, 2.45) is 0 Å². The van der Waals surface area contributed by atoms with Crippen molar-refractivity contribution < 1.29 is 0 Å². The molecule has 1 N–H and O–H groups in total. The Kier molecular flexibility index (Phi) is 5.59. The number of benzene rings is 1. The standard InChI is InChI=1S/C15H22N2/c1-5-6-7-12-16-13(2)14-8-10-15(11-9-14)17(3)4/h1,8-11,13,16H,6-7,12H2,2-4H3. The Hall–Kier alpha value is -1.46. The maximum Gasteiger partial charge on any atom is 0.0361 e. The van der Waals surface area contributed by atoms with Crippen molar-refractivity contribution in [3.8, 4) is 12.3 Å². The maximum atomic E-state index is 5.22. The molecule has 0 amide bonds. The minimum Gasteiger partial charge on any atom is -0.378 e. The van der Waals surface area contributed by atoms with E-state index >= 15 is 0 Å². The summed E-state index contributed by atoms with van der Waals surface area (Å²) in [4.78, 5) is 2.11. The molecule has 0 aromatic heterocycles. The van der Waals surface area contributed by atoms with Crippen LogP contribution in [0.25, 0.3) is 0 Å². The van der Waals surface area contributed by atoms with Gasteiger partial charge in [-0.25, -0.2) is 0 Å². The highest BCUT2D eigenvalue weighted by Gasteiger charge is 2.04. The van der Waals surface area contributed by atoms with E-state index in [1.807, 2.05) is 0 Å². The molecule has 0 aliphatic carbocycles. The number of anilines is 1. The van der Waals surface area contributed by atoms with Crippen LogP contribution in [-0.2, 0) is 0 Å². The molecule has 0 radical (unpaired) electrons. The van der Waals surface area contributed by atoms with E-state index in [1.54, 1.807) is 0 Å². The van der Waals surface area contributed by atoms with Crippen LogP contribution in [0.5, 0.6) is 0 Å². The highest BCUT2D eigenvalue weighted by Crippen LogP contribution is 2.17. The lowest BCUT2D eigenvalue weighted by molar-refractivity contribution is 0.563. The normalized spacial score (nSPS) is 11.9. The van der Waals surface area contributed by atoms with E-state index in [2.05, 4.69) is 61.4 Å². The van der Waals surface area contributed by atoms with Gasteiger partial charge in [-0.3, -0.25) is 0 Å². The SMILES string of the molecule is C#CCCCNC(C)c1ccc(N(C)C)cc1. The molecule has 0 spiro atoms. The maximum absolute atomic E-state index is 5.22. The predicted molar refractivity (Wildman–Crippen MR) is 75.3 cm³/mol. The van der Waals surface area contributed by atoms with Crippen molar-refractivity contribution in [1.82, 2.24) is 5.32 Å². The van der Waals surface area contributed by atoms with Crippen molar-refractivity contribution in [3.05, 3.63) is 29.8 Å². The molecule has 0 fully saturated rings. The number of rotatable bonds is 6. The van der Waals surface area contributed by atoms with Gasteiger partial charge in [0.1, 0.15) is 0 Å². The first-order valence-corrected chi connectivity index (χ1v) is 6.09. The van der Waals surface area contributed by atoms with Crippen molar-refractivity contribution in [2.45, 2.75) is 25.8 Å². The fourth-order valence-electron chi connectivity index (χ4n) is 1.69. The molecule has 1 rings (SSSR count). The number of hydrogen-bond acceptors (Lipinski definition) is 2. The zero-order chi connectivity index (χ0) is 12.7. The van der Waals surface area contributed by atoms with E-state index in [9.17, 15) is 0 Å². The summed E-state index contributed by atoms with van der Waals surface area (Å²) in [6.45, 7) is 3.15. The smallest absolute Gasteiger partial charge is 0.0361 e. The van der Waals surface area contributed by atoms with E-state index in [0.29, 0.717) is 6.04 Å². The number of unbranched alkanes of at least 4 members (excludes halogenated alkanes) is 1. The molecule has 0 saturated heterocycles. The average Bonchev–Trinajstić information content (AvgIpc) is 2.34. The molecule has 1 unspecified atom stereocenters. The van der Waals surface area contributed by atoms with Gasteiger partial charge >= 0.3 is 0 Å². The molecule has 0 aliphatic rings. The lowest BCUT2D eigenvalue weighted by Gasteiger charge is -2.16. The zero-order valence-electron chi connectivity index (χ0n) is 11.0. The van der Waals surface area contributed by atoms with Crippen molar-refractivity contribution in [3.63, 3.8) is 0 Å². The van der Waals surface area contributed by atoms with E-state index in [4.69, 9.17) is 6.42 Å². The van der Waals surface area contributed by atoms with Gasteiger partial charge < -0.3 is 10.2 Å². The summed E-state index contributed by atoms with van der Waals surface area (Å²) < 4.78 is 0. The second-order valence-corrected chi connectivity index (χ2v) is 4.47. The van der Waals surface area contributed by atoms with E-state index in [1.165, 1.54) is 11.3 Å². The Morgan fingerprint density at radius 1 is 1.29 bits per heavy atom. The molecule has 0 bridgehead atoms. The molecule has 1 atom stereocenters. The first-order chi connectivity index (χ1) is 8.15. The van der Waals surface area contributed by atoms with E-state index in [-0.39, 0.29) is 0 Å². The van der Waals surface area contributed by atoms with Crippen LogP contribution in [0.1, 0.15) is 31.4 Å². The summed E-state index contributed by atoms with van der Waals surface area (Å²) in [6.07, 6.45) is 7.10. The van der Waals surface area contributed by atoms with Gasteiger partial charge in [0.15, 0.2) is 0 Å². The number of nitrogens with zero attached hydrogens (tertiary/aromatic N) is 1. The third-order valence-corrected chi connectivity index (χ3v) is 2.86. The molecule has 0 aliphatic heterocycles. The monoisotopic (exact) mass is 230 g/mol. The van der Waals surface area contributed by atoms with Gasteiger partial charge in [-0.15, -0.1) is 12.3 Å². The van der Waals surface area contributed by atoms with Gasteiger partial charge in [0.25, 0.3) is 0 Å². The minimum absolute atomic E-state index is 0.379. The molecule has 17 heavy (non-hydrogen) atoms. The molecule has 92 valence electrons. The molecule has 0 saturated carbocycles. The van der Waals surface area contributed by atoms with Gasteiger partial charge in [-0.05, 0) is 37.6 Å². The van der Waals surface area contributed by atoms with Gasteiger partial charge in [0.05, 0.1) is 0 Å². The average molecular weight is 230 g/mol. The third-order valence-electron chi connectivity index (χ3n) is 2.86. The van der Waals surface area contributed by atoms with Gasteiger partial charge in [0.2, 0.25) is 0 Å². The molecule has 0 heterocycles. The first kappa shape index (κ1) is 13.6.